The highest BCUT2D eigenvalue weighted by molar-refractivity contribution is 5.49. The van der Waals surface area contributed by atoms with Crippen molar-refractivity contribution >= 4 is 11.5 Å². The van der Waals surface area contributed by atoms with Gasteiger partial charge in [-0.15, -0.1) is 15.3 Å². The van der Waals surface area contributed by atoms with Crippen LogP contribution < -0.4 is 10.2 Å². The first-order valence-corrected chi connectivity index (χ1v) is 7.19. The minimum Gasteiger partial charge on any atom is -0.348 e. The molecule has 1 N–H and O–H groups in total. The predicted octanol–water partition coefficient (Wildman–Crippen LogP) is 1.39. The van der Waals surface area contributed by atoms with Crippen molar-refractivity contribution in [1.29, 1.82) is 0 Å². The smallest absolute Gasteiger partial charge is 0.299 e. The number of nitrogens with zero attached hydrogens (tertiary/aromatic N) is 5. The second-order valence-corrected chi connectivity index (χ2v) is 5.73. The third kappa shape index (κ3) is 1.89. The molecule has 2 aliphatic rings. The summed E-state index contributed by atoms with van der Waals surface area (Å²) in [6, 6.07) is 3.56. The number of halogens is 2. The topological polar surface area (TPSA) is 58.4 Å². The lowest BCUT2D eigenvalue weighted by Crippen LogP contribution is -2.46. The summed E-state index contributed by atoms with van der Waals surface area (Å²) >= 11 is 0. The lowest BCUT2D eigenvalue weighted by atomic mass is 9.95. The molecule has 6 nitrogen and oxygen atoms in total. The zero-order chi connectivity index (χ0) is 14.4. The van der Waals surface area contributed by atoms with Gasteiger partial charge >= 0.3 is 0 Å². The maximum atomic E-state index is 12.9. The van der Waals surface area contributed by atoms with Gasteiger partial charge in [-0.25, -0.2) is 8.78 Å². The Morgan fingerprint density at radius 3 is 2.90 bits per heavy atom. The molecule has 1 unspecified atom stereocenters. The van der Waals surface area contributed by atoms with Crippen LogP contribution in [0.25, 0.3) is 5.65 Å². The number of fused-ring (bicyclic) bond motifs is 1. The molecule has 2 aliphatic heterocycles. The van der Waals surface area contributed by atoms with E-state index in [9.17, 15) is 8.78 Å². The molecular formula is C13H16F2N6. The standard InChI is InChI=1S/C13H16F2N6/c14-11(15)12-18-17-9-2-3-10(19-21(9)12)20-7-1-4-13(20)5-6-16-8-13/h2-3,11,16H,1,4-8H2. The summed E-state index contributed by atoms with van der Waals surface area (Å²) in [4.78, 5) is 2.25. The summed E-state index contributed by atoms with van der Waals surface area (Å²) < 4.78 is 27.1. The van der Waals surface area contributed by atoms with Crippen LogP contribution in [0.3, 0.4) is 0 Å². The quantitative estimate of drug-likeness (QED) is 0.907. The van der Waals surface area contributed by atoms with Crippen LogP contribution in [0.15, 0.2) is 12.1 Å². The van der Waals surface area contributed by atoms with Gasteiger partial charge in [0.2, 0.25) is 5.82 Å². The Balaban J connectivity index is 1.78. The number of anilines is 1. The SMILES string of the molecule is FC(F)c1nnc2ccc(N3CCCC34CCNC4)nn12. The zero-order valence-corrected chi connectivity index (χ0v) is 11.5. The highest BCUT2D eigenvalue weighted by Crippen LogP contribution is 2.37. The van der Waals surface area contributed by atoms with E-state index in [1.54, 1.807) is 6.07 Å². The molecule has 2 aromatic heterocycles. The summed E-state index contributed by atoms with van der Waals surface area (Å²) in [5.41, 5.74) is 0.437. The van der Waals surface area contributed by atoms with E-state index < -0.39 is 12.2 Å². The molecule has 4 rings (SSSR count). The first-order chi connectivity index (χ1) is 10.2. The van der Waals surface area contributed by atoms with Crippen LogP contribution in [-0.4, -0.2) is 45.0 Å². The van der Waals surface area contributed by atoms with Gasteiger partial charge in [0.15, 0.2) is 5.65 Å². The largest absolute Gasteiger partial charge is 0.348 e. The first-order valence-electron chi connectivity index (χ1n) is 7.19. The van der Waals surface area contributed by atoms with E-state index in [2.05, 4.69) is 25.5 Å². The second kappa shape index (κ2) is 4.59. The van der Waals surface area contributed by atoms with Gasteiger partial charge in [-0.1, -0.05) is 0 Å². The second-order valence-electron chi connectivity index (χ2n) is 5.73. The third-order valence-corrected chi connectivity index (χ3v) is 4.56. The zero-order valence-electron chi connectivity index (χ0n) is 11.5. The predicted molar refractivity (Wildman–Crippen MR) is 72.5 cm³/mol. The Hall–Kier alpha value is -1.83. The minimum absolute atomic E-state index is 0.0830. The van der Waals surface area contributed by atoms with Gasteiger partial charge in [-0.2, -0.15) is 4.52 Å². The van der Waals surface area contributed by atoms with Gasteiger partial charge in [0.25, 0.3) is 6.43 Å². The van der Waals surface area contributed by atoms with Crippen LogP contribution in [-0.2, 0) is 0 Å². The lowest BCUT2D eigenvalue weighted by molar-refractivity contribution is 0.137. The normalized spacial score (nSPS) is 25.8. The first kappa shape index (κ1) is 12.9. The van der Waals surface area contributed by atoms with E-state index in [1.165, 1.54) is 0 Å². The summed E-state index contributed by atoms with van der Waals surface area (Å²) in [5, 5.41) is 15.0. The fraction of sp³-hybridized carbons (Fsp3) is 0.615. The monoisotopic (exact) mass is 294 g/mol. The van der Waals surface area contributed by atoms with E-state index >= 15 is 0 Å². The Labute approximate surface area is 120 Å². The van der Waals surface area contributed by atoms with Gasteiger partial charge in [0, 0.05) is 13.1 Å². The number of alkyl halides is 2. The van der Waals surface area contributed by atoms with Gasteiger partial charge in [0.05, 0.1) is 5.54 Å². The molecule has 2 saturated heterocycles. The van der Waals surface area contributed by atoms with Crippen molar-refractivity contribution in [2.45, 2.75) is 31.2 Å². The summed E-state index contributed by atoms with van der Waals surface area (Å²) in [6.45, 7) is 2.83. The molecule has 21 heavy (non-hydrogen) atoms. The van der Waals surface area contributed by atoms with Crippen molar-refractivity contribution in [2.75, 3.05) is 24.5 Å². The minimum atomic E-state index is -2.68. The van der Waals surface area contributed by atoms with Crippen LogP contribution in [0, 0.1) is 0 Å². The molecule has 0 aromatic carbocycles. The maximum Gasteiger partial charge on any atom is 0.299 e. The van der Waals surface area contributed by atoms with E-state index in [4.69, 9.17) is 0 Å². The molecule has 0 radical (unpaired) electrons. The van der Waals surface area contributed by atoms with Gasteiger partial charge in [0.1, 0.15) is 5.82 Å². The van der Waals surface area contributed by atoms with Crippen molar-refractivity contribution < 1.29 is 8.78 Å². The molecule has 8 heteroatoms. The number of aromatic nitrogens is 4. The van der Waals surface area contributed by atoms with Gasteiger partial charge in [-0.05, 0) is 37.9 Å². The van der Waals surface area contributed by atoms with E-state index in [0.717, 1.165) is 49.2 Å². The number of hydrogen-bond donors (Lipinski definition) is 1. The molecule has 1 atom stereocenters. The number of hydrogen-bond acceptors (Lipinski definition) is 5. The van der Waals surface area contributed by atoms with Crippen LogP contribution in [0.1, 0.15) is 31.5 Å². The molecule has 4 heterocycles. The fourth-order valence-corrected chi connectivity index (χ4v) is 3.55. The van der Waals surface area contributed by atoms with Crippen molar-refractivity contribution in [3.8, 4) is 0 Å². The van der Waals surface area contributed by atoms with Crippen LogP contribution in [0.2, 0.25) is 0 Å². The average molecular weight is 294 g/mol. The molecule has 0 amide bonds. The Morgan fingerprint density at radius 1 is 1.24 bits per heavy atom. The third-order valence-electron chi connectivity index (χ3n) is 4.56. The highest BCUT2D eigenvalue weighted by Gasteiger charge is 2.43. The molecule has 112 valence electrons. The van der Waals surface area contributed by atoms with Gasteiger partial charge in [-0.3, -0.25) is 0 Å². The van der Waals surface area contributed by atoms with Gasteiger partial charge < -0.3 is 10.2 Å². The number of nitrogens with one attached hydrogen (secondary N) is 1. The fourth-order valence-electron chi connectivity index (χ4n) is 3.55. The summed E-state index contributed by atoms with van der Waals surface area (Å²) in [7, 11) is 0. The Morgan fingerprint density at radius 2 is 2.14 bits per heavy atom. The van der Waals surface area contributed by atoms with Crippen molar-refractivity contribution in [2.24, 2.45) is 0 Å². The molecule has 0 bridgehead atoms. The van der Waals surface area contributed by atoms with E-state index in [1.807, 2.05) is 6.07 Å². The Kier molecular flexibility index (Phi) is 2.81. The van der Waals surface area contributed by atoms with Crippen LogP contribution in [0.5, 0.6) is 0 Å². The van der Waals surface area contributed by atoms with Crippen molar-refractivity contribution in [1.82, 2.24) is 25.1 Å². The number of rotatable bonds is 2. The average Bonchev–Trinajstić information content (AvgIpc) is 3.19. The summed E-state index contributed by atoms with van der Waals surface area (Å²) in [5.74, 6) is 0.329. The van der Waals surface area contributed by atoms with E-state index in [-0.39, 0.29) is 5.54 Å². The van der Waals surface area contributed by atoms with Crippen molar-refractivity contribution in [3.05, 3.63) is 18.0 Å². The molecule has 0 aliphatic carbocycles. The van der Waals surface area contributed by atoms with Crippen LogP contribution in [0.4, 0.5) is 14.6 Å². The highest BCUT2D eigenvalue weighted by atomic mass is 19.3. The molecular weight excluding hydrogens is 278 g/mol. The Bertz CT molecular complexity index is 658. The molecule has 0 saturated carbocycles. The maximum absolute atomic E-state index is 12.9. The molecule has 1 spiro atoms. The van der Waals surface area contributed by atoms with Crippen LogP contribution >= 0.6 is 0 Å². The van der Waals surface area contributed by atoms with E-state index in [0.29, 0.717) is 5.65 Å². The summed E-state index contributed by atoms with van der Waals surface area (Å²) in [6.07, 6.45) is 0.606. The lowest BCUT2D eigenvalue weighted by Gasteiger charge is -2.35. The molecule has 2 aromatic rings. The molecule has 2 fully saturated rings. The van der Waals surface area contributed by atoms with Crippen molar-refractivity contribution in [3.63, 3.8) is 0 Å².